The number of urea groups is 1. The Morgan fingerprint density at radius 1 is 1.29 bits per heavy atom. The number of carbonyl (C=O) groups excluding carboxylic acids is 1. The molecule has 3 rings (SSSR count). The number of aliphatic carboxylic acids is 2. The summed E-state index contributed by atoms with van der Waals surface area (Å²) in [5.74, 6) is -4.35. The molecule has 0 radical (unpaired) electrons. The van der Waals surface area contributed by atoms with Gasteiger partial charge in [-0.2, -0.15) is 0 Å². The minimum Gasteiger partial charge on any atom is -0.481 e. The summed E-state index contributed by atoms with van der Waals surface area (Å²) in [6, 6.07) is 5.34. The average molecular weight is 354 g/mol. The van der Waals surface area contributed by atoms with Crippen LogP contribution in [0.5, 0.6) is 0 Å². The van der Waals surface area contributed by atoms with Crippen LogP contribution in [-0.4, -0.2) is 39.8 Å². The smallest absolute Gasteiger partial charge is 0.324 e. The summed E-state index contributed by atoms with van der Waals surface area (Å²) in [6.45, 7) is 0. The van der Waals surface area contributed by atoms with Gasteiger partial charge in [-0.25, -0.2) is 4.79 Å². The summed E-state index contributed by atoms with van der Waals surface area (Å²) in [6.07, 6.45) is -0.00951. The molecule has 2 saturated carbocycles. The predicted octanol–water partition coefficient (Wildman–Crippen LogP) is 0.963. The molecule has 6 N–H and O–H groups in total. The van der Waals surface area contributed by atoms with Crippen LogP contribution in [0.1, 0.15) is 6.42 Å². The van der Waals surface area contributed by atoms with Crippen LogP contribution >= 0.6 is 11.6 Å². The molecule has 0 aromatic heterocycles. The maximum atomic E-state index is 12.1. The first-order valence-electron chi connectivity index (χ1n) is 7.32. The van der Waals surface area contributed by atoms with Crippen LogP contribution in [0.3, 0.4) is 0 Å². The van der Waals surface area contributed by atoms with Crippen LogP contribution in [0.2, 0.25) is 5.02 Å². The van der Waals surface area contributed by atoms with E-state index in [0.717, 1.165) is 0 Å². The molecule has 0 aliphatic heterocycles. The van der Waals surface area contributed by atoms with Crippen molar-refractivity contribution in [3.05, 3.63) is 29.3 Å². The first-order valence-corrected chi connectivity index (χ1v) is 7.70. The van der Waals surface area contributed by atoms with E-state index in [1.165, 1.54) is 0 Å². The number of fused-ring (bicyclic) bond motifs is 1. The lowest BCUT2D eigenvalue weighted by Gasteiger charge is -2.25. The lowest BCUT2D eigenvalue weighted by atomic mass is 9.90. The van der Waals surface area contributed by atoms with Crippen LogP contribution in [0, 0.1) is 17.8 Å². The molecule has 2 amide bonds. The van der Waals surface area contributed by atoms with Gasteiger partial charge >= 0.3 is 18.0 Å². The van der Waals surface area contributed by atoms with Gasteiger partial charge in [0, 0.05) is 22.7 Å². The van der Waals surface area contributed by atoms with E-state index in [1.807, 2.05) is 0 Å². The summed E-state index contributed by atoms with van der Waals surface area (Å²) >= 11 is 5.84. The topological polar surface area (TPSA) is 142 Å². The largest absolute Gasteiger partial charge is 0.481 e. The van der Waals surface area contributed by atoms with Crippen molar-refractivity contribution in [3.8, 4) is 0 Å². The van der Waals surface area contributed by atoms with Crippen molar-refractivity contribution in [1.82, 2.24) is 5.32 Å². The molecule has 5 atom stereocenters. The Morgan fingerprint density at radius 2 is 2.00 bits per heavy atom. The van der Waals surface area contributed by atoms with E-state index in [9.17, 15) is 24.6 Å². The van der Waals surface area contributed by atoms with Crippen molar-refractivity contribution in [2.75, 3.05) is 5.32 Å². The Morgan fingerprint density at radius 3 is 2.58 bits per heavy atom. The molecule has 24 heavy (non-hydrogen) atoms. The number of rotatable bonds is 4. The second-order valence-electron chi connectivity index (χ2n) is 6.23. The predicted molar refractivity (Wildman–Crippen MR) is 84.7 cm³/mol. The van der Waals surface area contributed by atoms with Crippen LogP contribution in [0.25, 0.3) is 0 Å². The summed E-state index contributed by atoms with van der Waals surface area (Å²) in [7, 11) is 0. The fraction of sp³-hybridized carbons (Fsp3) is 0.400. The third-order valence-corrected chi connectivity index (χ3v) is 5.01. The van der Waals surface area contributed by atoms with E-state index in [0.29, 0.717) is 10.7 Å². The van der Waals surface area contributed by atoms with Gasteiger partial charge < -0.3 is 26.6 Å². The SMILES string of the molecule is N[C@]1(C(=O)O)C[C@@H](NC(=O)Nc2cccc(Cl)c2)[C@@H]2[C@@H](C(=O)O)[C@H]21. The fourth-order valence-electron chi connectivity index (χ4n) is 3.73. The molecule has 8 nitrogen and oxygen atoms in total. The van der Waals surface area contributed by atoms with Crippen molar-refractivity contribution < 1.29 is 24.6 Å². The lowest BCUT2D eigenvalue weighted by Crippen LogP contribution is -2.52. The molecule has 128 valence electrons. The molecule has 9 heteroatoms. The number of nitrogens with two attached hydrogens (primary N) is 1. The Hall–Kier alpha value is -2.32. The molecule has 0 unspecified atom stereocenters. The van der Waals surface area contributed by atoms with Crippen molar-refractivity contribution in [1.29, 1.82) is 0 Å². The molecule has 0 saturated heterocycles. The second kappa shape index (κ2) is 5.64. The maximum Gasteiger partial charge on any atom is 0.324 e. The molecule has 0 bridgehead atoms. The number of halogens is 1. The number of carboxylic acid groups (broad SMARTS) is 2. The van der Waals surface area contributed by atoms with E-state index < -0.39 is 47.3 Å². The summed E-state index contributed by atoms with van der Waals surface area (Å²) < 4.78 is 0. The van der Waals surface area contributed by atoms with Gasteiger partial charge in [0.25, 0.3) is 0 Å². The number of anilines is 1. The number of benzene rings is 1. The average Bonchev–Trinajstić information content (AvgIpc) is 3.16. The van der Waals surface area contributed by atoms with Gasteiger partial charge in [0.15, 0.2) is 0 Å². The van der Waals surface area contributed by atoms with E-state index >= 15 is 0 Å². The molecule has 2 aliphatic rings. The van der Waals surface area contributed by atoms with Gasteiger partial charge in [-0.05, 0) is 30.5 Å². The van der Waals surface area contributed by atoms with Crippen LogP contribution < -0.4 is 16.4 Å². The Kier molecular flexibility index (Phi) is 3.89. The quantitative estimate of drug-likeness (QED) is 0.546. The zero-order valence-electron chi connectivity index (χ0n) is 12.4. The van der Waals surface area contributed by atoms with Gasteiger partial charge in [-0.3, -0.25) is 9.59 Å². The molecule has 2 aliphatic carbocycles. The number of carbonyl (C=O) groups is 3. The molecule has 0 spiro atoms. The highest BCUT2D eigenvalue weighted by atomic mass is 35.5. The minimum absolute atomic E-state index is 0.00951. The first kappa shape index (κ1) is 16.5. The van der Waals surface area contributed by atoms with Gasteiger partial charge in [0.2, 0.25) is 0 Å². The Bertz CT molecular complexity index is 727. The fourth-order valence-corrected chi connectivity index (χ4v) is 3.92. The van der Waals surface area contributed by atoms with E-state index in [-0.39, 0.29) is 6.42 Å². The maximum absolute atomic E-state index is 12.1. The van der Waals surface area contributed by atoms with Gasteiger partial charge in [0.05, 0.1) is 5.92 Å². The van der Waals surface area contributed by atoms with Crippen molar-refractivity contribution in [2.24, 2.45) is 23.5 Å². The van der Waals surface area contributed by atoms with Crippen molar-refractivity contribution in [3.63, 3.8) is 0 Å². The zero-order chi connectivity index (χ0) is 17.6. The Balaban J connectivity index is 1.70. The number of hydrogen-bond acceptors (Lipinski definition) is 4. The monoisotopic (exact) mass is 353 g/mol. The molecular formula is C15H16ClN3O5. The minimum atomic E-state index is -1.64. The lowest BCUT2D eigenvalue weighted by molar-refractivity contribution is -0.145. The third-order valence-electron chi connectivity index (χ3n) is 4.77. The number of hydrogen-bond donors (Lipinski definition) is 5. The normalized spacial score (nSPS) is 33.4. The van der Waals surface area contributed by atoms with Gasteiger partial charge in [-0.15, -0.1) is 0 Å². The highest BCUT2D eigenvalue weighted by Crippen LogP contribution is 2.61. The van der Waals surface area contributed by atoms with Gasteiger partial charge in [0.1, 0.15) is 5.54 Å². The Labute approximate surface area is 142 Å². The summed E-state index contributed by atoms with van der Waals surface area (Å²) in [5.41, 5.74) is 4.73. The second-order valence-corrected chi connectivity index (χ2v) is 6.67. The molecule has 2 fully saturated rings. The van der Waals surface area contributed by atoms with E-state index in [2.05, 4.69) is 10.6 Å². The molecule has 1 aromatic carbocycles. The highest BCUT2D eigenvalue weighted by molar-refractivity contribution is 6.30. The number of amides is 2. The van der Waals surface area contributed by atoms with Crippen molar-refractivity contribution in [2.45, 2.75) is 18.0 Å². The molecule has 1 aromatic rings. The van der Waals surface area contributed by atoms with Crippen LogP contribution in [0.4, 0.5) is 10.5 Å². The standard InChI is InChI=1S/C15H16ClN3O5/c16-6-2-1-3-7(4-6)18-14(24)19-8-5-15(17,13(22)23)11-9(8)10(11)12(20)21/h1-4,8-11H,5,17H2,(H,20,21)(H,22,23)(H2,18,19,24)/t8-,9-,10-,11+,15-/m1/s1. The number of carboxylic acids is 2. The van der Waals surface area contributed by atoms with E-state index in [4.69, 9.17) is 17.3 Å². The highest BCUT2D eigenvalue weighted by Gasteiger charge is 2.74. The third kappa shape index (κ3) is 2.67. The summed E-state index contributed by atoms with van der Waals surface area (Å²) in [5, 5.41) is 24.2. The summed E-state index contributed by atoms with van der Waals surface area (Å²) in [4.78, 5) is 34.8. The van der Waals surface area contributed by atoms with E-state index in [1.54, 1.807) is 24.3 Å². The molecular weight excluding hydrogens is 338 g/mol. The van der Waals surface area contributed by atoms with Crippen LogP contribution in [0.15, 0.2) is 24.3 Å². The number of nitrogens with one attached hydrogen (secondary N) is 2. The zero-order valence-corrected chi connectivity index (χ0v) is 13.2. The molecule has 0 heterocycles. The first-order chi connectivity index (χ1) is 11.2. The van der Waals surface area contributed by atoms with Crippen LogP contribution in [-0.2, 0) is 9.59 Å². The van der Waals surface area contributed by atoms with Crippen molar-refractivity contribution >= 4 is 35.3 Å². The van der Waals surface area contributed by atoms with Gasteiger partial charge in [-0.1, -0.05) is 17.7 Å².